The minimum atomic E-state index is -0.376. The molecule has 1 saturated heterocycles. The van der Waals surface area contributed by atoms with E-state index >= 15 is 0 Å². The highest BCUT2D eigenvalue weighted by Crippen LogP contribution is 2.26. The molecule has 1 amide bonds. The molecule has 23 heavy (non-hydrogen) atoms. The fraction of sp³-hybridized carbons (Fsp3) is 0.235. The number of rotatable bonds is 3. The molecule has 0 unspecified atom stereocenters. The molecular weight excluding hydrogens is 338 g/mol. The van der Waals surface area contributed by atoms with Crippen molar-refractivity contribution < 1.29 is 9.18 Å². The molecule has 0 bridgehead atoms. The second-order valence-electron chi connectivity index (χ2n) is 5.48. The molecule has 3 rings (SSSR count). The van der Waals surface area contributed by atoms with Gasteiger partial charge in [-0.05, 0) is 49.2 Å². The van der Waals surface area contributed by atoms with Gasteiger partial charge in [-0.1, -0.05) is 23.2 Å². The molecule has 0 aliphatic carbocycles. The van der Waals surface area contributed by atoms with E-state index in [0.717, 1.165) is 31.6 Å². The first kappa shape index (κ1) is 16.1. The SMILES string of the molecule is O=C(Nc1cc(F)cc(N2CCCC2)c1)c1ccc(Cl)c(Cl)c1. The zero-order chi connectivity index (χ0) is 16.4. The van der Waals surface area contributed by atoms with Crippen LogP contribution in [-0.4, -0.2) is 19.0 Å². The zero-order valence-electron chi connectivity index (χ0n) is 12.3. The lowest BCUT2D eigenvalue weighted by Gasteiger charge is -2.19. The van der Waals surface area contributed by atoms with Crippen LogP contribution in [0.15, 0.2) is 36.4 Å². The van der Waals surface area contributed by atoms with Gasteiger partial charge >= 0.3 is 0 Å². The van der Waals surface area contributed by atoms with Crippen LogP contribution in [0.25, 0.3) is 0 Å². The lowest BCUT2D eigenvalue weighted by atomic mass is 10.2. The van der Waals surface area contributed by atoms with E-state index in [1.54, 1.807) is 18.2 Å². The summed E-state index contributed by atoms with van der Waals surface area (Å²) in [6, 6.07) is 9.18. The standard InChI is InChI=1S/C17H15Cl2FN2O/c18-15-4-3-11(7-16(15)19)17(23)21-13-8-12(20)9-14(10-13)22-5-1-2-6-22/h3-4,7-10H,1-2,5-6H2,(H,21,23). The van der Waals surface area contributed by atoms with Gasteiger partial charge in [-0.15, -0.1) is 0 Å². The Morgan fingerprint density at radius 3 is 2.48 bits per heavy atom. The van der Waals surface area contributed by atoms with E-state index in [-0.39, 0.29) is 11.7 Å². The lowest BCUT2D eigenvalue weighted by molar-refractivity contribution is 0.102. The number of hydrogen-bond donors (Lipinski definition) is 1. The summed E-state index contributed by atoms with van der Waals surface area (Å²) in [6.45, 7) is 1.81. The van der Waals surface area contributed by atoms with Crippen LogP contribution in [0, 0.1) is 5.82 Å². The molecule has 1 aliphatic rings. The van der Waals surface area contributed by atoms with E-state index in [4.69, 9.17) is 23.2 Å². The van der Waals surface area contributed by atoms with E-state index in [2.05, 4.69) is 10.2 Å². The molecule has 0 saturated carbocycles. The highest BCUT2D eigenvalue weighted by Gasteiger charge is 2.15. The summed E-state index contributed by atoms with van der Waals surface area (Å²) in [5, 5.41) is 3.38. The Morgan fingerprint density at radius 2 is 1.78 bits per heavy atom. The molecule has 2 aromatic rings. The van der Waals surface area contributed by atoms with E-state index in [9.17, 15) is 9.18 Å². The maximum atomic E-state index is 13.8. The number of hydrogen-bond acceptors (Lipinski definition) is 2. The number of carbonyl (C=O) groups excluding carboxylic acids is 1. The topological polar surface area (TPSA) is 32.3 Å². The molecule has 6 heteroatoms. The van der Waals surface area contributed by atoms with Crippen molar-refractivity contribution in [1.82, 2.24) is 0 Å². The average Bonchev–Trinajstić information content (AvgIpc) is 3.03. The third-order valence-corrected chi connectivity index (χ3v) is 4.53. The van der Waals surface area contributed by atoms with Crippen molar-refractivity contribution in [1.29, 1.82) is 0 Å². The van der Waals surface area contributed by atoms with Crippen LogP contribution in [0.4, 0.5) is 15.8 Å². The van der Waals surface area contributed by atoms with Crippen molar-refractivity contribution in [2.45, 2.75) is 12.8 Å². The number of amides is 1. The first-order chi connectivity index (χ1) is 11.0. The maximum absolute atomic E-state index is 13.8. The van der Waals surface area contributed by atoms with Gasteiger partial charge in [-0.2, -0.15) is 0 Å². The number of nitrogens with one attached hydrogen (secondary N) is 1. The summed E-state index contributed by atoms with van der Waals surface area (Å²) in [5.41, 5.74) is 1.57. The third kappa shape index (κ3) is 3.77. The molecule has 0 radical (unpaired) electrons. The van der Waals surface area contributed by atoms with E-state index < -0.39 is 0 Å². The lowest BCUT2D eigenvalue weighted by Crippen LogP contribution is -2.18. The first-order valence-corrected chi connectivity index (χ1v) is 8.10. The Labute approximate surface area is 144 Å². The maximum Gasteiger partial charge on any atom is 0.255 e. The predicted octanol–water partition coefficient (Wildman–Crippen LogP) is 4.99. The Balaban J connectivity index is 1.81. The van der Waals surface area contributed by atoms with Gasteiger partial charge in [0.2, 0.25) is 0 Å². The zero-order valence-corrected chi connectivity index (χ0v) is 13.8. The van der Waals surface area contributed by atoms with E-state index in [1.807, 2.05) is 0 Å². The monoisotopic (exact) mass is 352 g/mol. The second-order valence-corrected chi connectivity index (χ2v) is 6.29. The van der Waals surface area contributed by atoms with Gasteiger partial charge in [0.05, 0.1) is 10.0 Å². The molecule has 1 heterocycles. The van der Waals surface area contributed by atoms with Crippen LogP contribution in [0.2, 0.25) is 10.0 Å². The molecule has 1 fully saturated rings. The Morgan fingerprint density at radius 1 is 1.04 bits per heavy atom. The van der Waals surface area contributed by atoms with E-state index in [0.29, 0.717) is 21.3 Å². The quantitative estimate of drug-likeness (QED) is 0.844. The third-order valence-electron chi connectivity index (χ3n) is 3.79. The fourth-order valence-electron chi connectivity index (χ4n) is 2.64. The van der Waals surface area contributed by atoms with Crippen LogP contribution in [0.1, 0.15) is 23.2 Å². The van der Waals surface area contributed by atoms with Crippen LogP contribution >= 0.6 is 23.2 Å². The molecule has 120 valence electrons. The van der Waals surface area contributed by atoms with Crippen molar-refractivity contribution in [3.63, 3.8) is 0 Å². The Bertz CT molecular complexity index is 745. The van der Waals surface area contributed by atoms with Crippen LogP contribution in [0.5, 0.6) is 0 Å². The van der Waals surface area contributed by atoms with Crippen molar-refractivity contribution in [3.8, 4) is 0 Å². The molecule has 1 N–H and O–H groups in total. The van der Waals surface area contributed by atoms with Crippen molar-refractivity contribution >= 4 is 40.5 Å². The fourth-order valence-corrected chi connectivity index (χ4v) is 2.94. The number of anilines is 2. The largest absolute Gasteiger partial charge is 0.371 e. The number of benzene rings is 2. The molecule has 0 atom stereocenters. The number of halogens is 3. The first-order valence-electron chi connectivity index (χ1n) is 7.35. The minimum Gasteiger partial charge on any atom is -0.371 e. The average molecular weight is 353 g/mol. The molecule has 0 aromatic heterocycles. The van der Waals surface area contributed by atoms with Crippen LogP contribution in [0.3, 0.4) is 0 Å². The normalized spacial score (nSPS) is 14.1. The van der Waals surface area contributed by atoms with Gasteiger partial charge < -0.3 is 10.2 Å². The summed E-state index contributed by atoms with van der Waals surface area (Å²) in [5.74, 6) is -0.736. The highest BCUT2D eigenvalue weighted by molar-refractivity contribution is 6.42. The Hall–Kier alpha value is -1.78. The van der Waals surface area contributed by atoms with Crippen molar-refractivity contribution in [3.05, 3.63) is 57.8 Å². The van der Waals surface area contributed by atoms with Crippen molar-refractivity contribution in [2.24, 2.45) is 0 Å². The van der Waals surface area contributed by atoms with Crippen molar-refractivity contribution in [2.75, 3.05) is 23.3 Å². The van der Waals surface area contributed by atoms with Crippen LogP contribution in [-0.2, 0) is 0 Å². The Kier molecular flexibility index (Phi) is 4.74. The van der Waals surface area contributed by atoms with Gasteiger partial charge in [0.15, 0.2) is 0 Å². The minimum absolute atomic E-state index is 0.302. The molecular formula is C17H15Cl2FN2O. The molecule has 2 aromatic carbocycles. The summed E-state index contributed by atoms with van der Waals surface area (Å²) in [4.78, 5) is 14.4. The second kappa shape index (κ2) is 6.77. The predicted molar refractivity (Wildman–Crippen MR) is 92.3 cm³/mol. The number of carbonyl (C=O) groups is 1. The molecule has 1 aliphatic heterocycles. The smallest absolute Gasteiger partial charge is 0.255 e. The molecule has 3 nitrogen and oxygen atoms in total. The van der Waals surface area contributed by atoms with E-state index in [1.165, 1.54) is 18.2 Å². The summed E-state index contributed by atoms with van der Waals surface area (Å²) in [6.07, 6.45) is 2.20. The number of nitrogens with zero attached hydrogens (tertiary/aromatic N) is 1. The van der Waals surface area contributed by atoms with Gasteiger partial charge in [-0.25, -0.2) is 4.39 Å². The van der Waals surface area contributed by atoms with Gasteiger partial charge in [0.25, 0.3) is 5.91 Å². The molecule has 0 spiro atoms. The van der Waals surface area contributed by atoms with Gasteiger partial charge in [-0.3, -0.25) is 4.79 Å². The van der Waals surface area contributed by atoms with Crippen LogP contribution < -0.4 is 10.2 Å². The summed E-state index contributed by atoms with van der Waals surface area (Å²) in [7, 11) is 0. The highest BCUT2D eigenvalue weighted by atomic mass is 35.5. The van der Waals surface area contributed by atoms with Gasteiger partial charge in [0, 0.05) is 30.0 Å². The summed E-state index contributed by atoms with van der Waals surface area (Å²) >= 11 is 11.8. The van der Waals surface area contributed by atoms with Gasteiger partial charge in [0.1, 0.15) is 5.82 Å². The summed E-state index contributed by atoms with van der Waals surface area (Å²) < 4.78 is 13.8.